The van der Waals surface area contributed by atoms with Crippen LogP contribution in [-0.2, 0) is 6.61 Å². The van der Waals surface area contributed by atoms with Crippen LogP contribution >= 0.6 is 0 Å². The van der Waals surface area contributed by atoms with Crippen LogP contribution in [0, 0.1) is 15.9 Å². The molecule has 0 radical (unpaired) electrons. The van der Waals surface area contributed by atoms with Crippen molar-refractivity contribution in [1.29, 1.82) is 0 Å². The van der Waals surface area contributed by atoms with Gasteiger partial charge in [0, 0.05) is 17.7 Å². The zero-order valence-electron chi connectivity index (χ0n) is 11.1. The molecule has 0 amide bonds. The Hall–Kier alpha value is -2.67. The predicted octanol–water partition coefficient (Wildman–Crippen LogP) is 3.03. The third-order valence-electron chi connectivity index (χ3n) is 2.78. The van der Waals surface area contributed by atoms with Crippen LogP contribution in [0.15, 0.2) is 36.4 Å². The Kier molecular flexibility index (Phi) is 4.34. The molecule has 0 saturated carbocycles. The fraction of sp³-hybridized carbons (Fsp3) is 0.143. The molecule has 0 heterocycles. The van der Waals surface area contributed by atoms with Crippen molar-refractivity contribution in [3.8, 4) is 17.2 Å². The van der Waals surface area contributed by atoms with Crippen molar-refractivity contribution in [2.24, 2.45) is 0 Å². The standard InChI is InChI=1S/C14H12FNO5/c1-20-11-3-4-12(16(18)19)14(7-11)21-13-5-2-10(15)6-9(13)8-17/h2-7,17H,8H2,1H3. The van der Waals surface area contributed by atoms with Gasteiger partial charge in [-0.2, -0.15) is 0 Å². The highest BCUT2D eigenvalue weighted by molar-refractivity contribution is 5.53. The summed E-state index contributed by atoms with van der Waals surface area (Å²) in [7, 11) is 1.42. The number of aliphatic hydroxyl groups is 1. The first-order valence-electron chi connectivity index (χ1n) is 5.94. The van der Waals surface area contributed by atoms with E-state index in [9.17, 15) is 19.6 Å². The Morgan fingerprint density at radius 3 is 2.62 bits per heavy atom. The third-order valence-corrected chi connectivity index (χ3v) is 2.78. The summed E-state index contributed by atoms with van der Waals surface area (Å²) in [6.45, 7) is -0.454. The van der Waals surface area contributed by atoms with E-state index in [-0.39, 0.29) is 22.7 Å². The molecule has 1 N–H and O–H groups in total. The molecule has 6 nitrogen and oxygen atoms in total. The second-order valence-electron chi connectivity index (χ2n) is 4.10. The van der Waals surface area contributed by atoms with Gasteiger partial charge in [-0.25, -0.2) is 4.39 Å². The van der Waals surface area contributed by atoms with Gasteiger partial charge in [-0.3, -0.25) is 10.1 Å². The van der Waals surface area contributed by atoms with E-state index in [0.717, 1.165) is 12.1 Å². The molecule has 0 saturated heterocycles. The van der Waals surface area contributed by atoms with E-state index in [1.807, 2.05) is 0 Å². The Balaban J connectivity index is 2.45. The second-order valence-corrected chi connectivity index (χ2v) is 4.10. The van der Waals surface area contributed by atoms with Gasteiger partial charge in [0.05, 0.1) is 18.6 Å². The average Bonchev–Trinajstić information content (AvgIpc) is 2.48. The van der Waals surface area contributed by atoms with Gasteiger partial charge in [-0.05, 0) is 24.3 Å². The Morgan fingerprint density at radius 2 is 2.00 bits per heavy atom. The minimum absolute atomic E-state index is 0.0549. The summed E-state index contributed by atoms with van der Waals surface area (Å²) in [4.78, 5) is 10.4. The minimum Gasteiger partial charge on any atom is -0.497 e. The number of ether oxygens (including phenoxy) is 2. The normalized spacial score (nSPS) is 10.2. The third kappa shape index (κ3) is 3.26. The lowest BCUT2D eigenvalue weighted by Crippen LogP contribution is -1.97. The number of hydrogen-bond acceptors (Lipinski definition) is 5. The number of hydrogen-bond donors (Lipinski definition) is 1. The molecule has 0 aliphatic carbocycles. The summed E-state index contributed by atoms with van der Waals surface area (Å²) in [5, 5.41) is 20.2. The highest BCUT2D eigenvalue weighted by atomic mass is 19.1. The van der Waals surface area contributed by atoms with Crippen molar-refractivity contribution >= 4 is 5.69 Å². The maximum Gasteiger partial charge on any atom is 0.311 e. The molecule has 2 aromatic carbocycles. The Bertz CT molecular complexity index is 674. The molecule has 2 rings (SSSR count). The molecule has 110 valence electrons. The van der Waals surface area contributed by atoms with Crippen LogP contribution in [0.4, 0.5) is 10.1 Å². The zero-order valence-corrected chi connectivity index (χ0v) is 11.1. The van der Waals surface area contributed by atoms with E-state index in [1.165, 1.54) is 31.4 Å². The van der Waals surface area contributed by atoms with Gasteiger partial charge < -0.3 is 14.6 Å². The van der Waals surface area contributed by atoms with Gasteiger partial charge in [-0.15, -0.1) is 0 Å². The minimum atomic E-state index is -0.600. The molecule has 21 heavy (non-hydrogen) atoms. The van der Waals surface area contributed by atoms with Crippen molar-refractivity contribution in [1.82, 2.24) is 0 Å². The first-order chi connectivity index (χ1) is 10.0. The molecule has 0 aliphatic rings. The predicted molar refractivity (Wildman–Crippen MR) is 72.0 cm³/mol. The van der Waals surface area contributed by atoms with E-state index >= 15 is 0 Å². The topological polar surface area (TPSA) is 81.8 Å². The van der Waals surface area contributed by atoms with Crippen LogP contribution in [0.2, 0.25) is 0 Å². The zero-order chi connectivity index (χ0) is 15.4. The molecule has 0 bridgehead atoms. The molecular formula is C14H12FNO5. The molecule has 0 fully saturated rings. The van der Waals surface area contributed by atoms with Crippen LogP contribution in [-0.4, -0.2) is 17.1 Å². The summed E-state index contributed by atoms with van der Waals surface area (Å²) in [6, 6.07) is 7.56. The summed E-state index contributed by atoms with van der Waals surface area (Å²) in [5.41, 5.74) is -0.0730. The van der Waals surface area contributed by atoms with E-state index in [4.69, 9.17) is 9.47 Å². The molecular weight excluding hydrogens is 281 g/mol. The first kappa shape index (κ1) is 14.7. The molecule has 0 aliphatic heterocycles. The van der Waals surface area contributed by atoms with Crippen molar-refractivity contribution < 1.29 is 23.9 Å². The smallest absolute Gasteiger partial charge is 0.311 e. The summed E-state index contributed by atoms with van der Waals surface area (Å²) in [5.74, 6) is -0.0780. The summed E-state index contributed by atoms with van der Waals surface area (Å²) in [6.07, 6.45) is 0. The van der Waals surface area contributed by atoms with Gasteiger partial charge in [0.2, 0.25) is 5.75 Å². The molecule has 0 unspecified atom stereocenters. The van der Waals surface area contributed by atoms with Gasteiger partial charge >= 0.3 is 5.69 Å². The lowest BCUT2D eigenvalue weighted by molar-refractivity contribution is -0.385. The fourth-order valence-electron chi connectivity index (χ4n) is 1.74. The van der Waals surface area contributed by atoms with Crippen LogP contribution in [0.1, 0.15) is 5.56 Å². The van der Waals surface area contributed by atoms with Crippen molar-refractivity contribution in [3.63, 3.8) is 0 Å². The first-order valence-corrected chi connectivity index (χ1v) is 5.94. The average molecular weight is 293 g/mol. The number of nitrogens with zero attached hydrogens (tertiary/aromatic N) is 1. The lowest BCUT2D eigenvalue weighted by Gasteiger charge is -2.11. The van der Waals surface area contributed by atoms with Crippen molar-refractivity contribution in [3.05, 3.63) is 57.9 Å². The molecule has 0 aromatic heterocycles. The van der Waals surface area contributed by atoms with Crippen LogP contribution in [0.25, 0.3) is 0 Å². The maximum atomic E-state index is 13.1. The van der Waals surface area contributed by atoms with E-state index < -0.39 is 17.3 Å². The van der Waals surface area contributed by atoms with Crippen LogP contribution in [0.3, 0.4) is 0 Å². The molecule has 2 aromatic rings. The quantitative estimate of drug-likeness (QED) is 0.677. The number of aliphatic hydroxyl groups excluding tert-OH is 1. The SMILES string of the molecule is COc1ccc([N+](=O)[O-])c(Oc2ccc(F)cc2CO)c1. The van der Waals surface area contributed by atoms with Crippen molar-refractivity contribution in [2.75, 3.05) is 7.11 Å². The van der Waals surface area contributed by atoms with E-state index in [1.54, 1.807) is 0 Å². The van der Waals surface area contributed by atoms with E-state index in [0.29, 0.717) is 5.75 Å². The van der Waals surface area contributed by atoms with Gasteiger partial charge in [0.1, 0.15) is 17.3 Å². The lowest BCUT2D eigenvalue weighted by atomic mass is 10.2. The maximum absolute atomic E-state index is 13.1. The Labute approximate surface area is 119 Å². The van der Waals surface area contributed by atoms with Crippen LogP contribution < -0.4 is 9.47 Å². The van der Waals surface area contributed by atoms with Gasteiger partial charge in [-0.1, -0.05) is 0 Å². The van der Waals surface area contributed by atoms with E-state index in [2.05, 4.69) is 0 Å². The summed E-state index contributed by atoms with van der Waals surface area (Å²) >= 11 is 0. The molecule has 0 spiro atoms. The highest BCUT2D eigenvalue weighted by Crippen LogP contribution is 2.36. The van der Waals surface area contributed by atoms with Crippen LogP contribution in [0.5, 0.6) is 17.2 Å². The number of nitro benzene ring substituents is 1. The molecule has 0 atom stereocenters. The number of methoxy groups -OCH3 is 1. The van der Waals surface area contributed by atoms with Gasteiger partial charge in [0.15, 0.2) is 0 Å². The number of rotatable bonds is 5. The number of nitro groups is 1. The number of benzene rings is 2. The van der Waals surface area contributed by atoms with Crippen molar-refractivity contribution in [2.45, 2.75) is 6.61 Å². The van der Waals surface area contributed by atoms with Gasteiger partial charge in [0.25, 0.3) is 0 Å². The fourth-order valence-corrected chi connectivity index (χ4v) is 1.74. The molecule has 7 heteroatoms. The largest absolute Gasteiger partial charge is 0.497 e. The number of halogens is 1. The highest BCUT2D eigenvalue weighted by Gasteiger charge is 2.18. The summed E-state index contributed by atoms with van der Waals surface area (Å²) < 4.78 is 23.5. The Morgan fingerprint density at radius 1 is 1.24 bits per heavy atom. The monoisotopic (exact) mass is 293 g/mol. The second kappa shape index (κ2) is 6.19.